The van der Waals surface area contributed by atoms with Gasteiger partial charge in [-0.05, 0) is 269 Å². The van der Waals surface area contributed by atoms with Crippen LogP contribution in [0.3, 0.4) is 0 Å². The molecule has 4 saturated heterocycles. The maximum atomic E-state index is 14.4. The Morgan fingerprint density at radius 1 is 0.833 bits per heavy atom. The zero-order valence-electron chi connectivity index (χ0n) is 71.0. The third-order valence-corrected chi connectivity index (χ3v) is 28.1. The van der Waals surface area contributed by atoms with Gasteiger partial charge in [0.25, 0.3) is 11.8 Å². The quantitative estimate of drug-likeness (QED) is 0.0146. The fourth-order valence-corrected chi connectivity index (χ4v) is 22.1. The molecule has 12 atom stereocenters. The number of aliphatic hydroxyl groups is 1. The number of thioether (sulfide) groups is 1. The van der Waals surface area contributed by atoms with Gasteiger partial charge in [0, 0.05) is 89.6 Å². The molecular weight excluding hydrogens is 1610 g/mol. The number of nitrogens with two attached hydrogens (primary N) is 3. The Labute approximate surface area is 718 Å². The predicted octanol–water partition coefficient (Wildman–Crippen LogP) is 11.6. The Morgan fingerprint density at radius 3 is 2.08 bits per heavy atom. The van der Waals surface area contributed by atoms with Gasteiger partial charge in [-0.15, -0.1) is 6.42 Å². The van der Waals surface area contributed by atoms with E-state index < -0.39 is 65.0 Å². The first kappa shape index (κ1) is 90.7. The minimum atomic E-state index is -2.01. The van der Waals surface area contributed by atoms with Gasteiger partial charge >= 0.3 is 11.9 Å². The number of rotatable bonds is 20. The summed E-state index contributed by atoms with van der Waals surface area (Å²) >= 11 is 5.71. The van der Waals surface area contributed by atoms with Crippen molar-refractivity contribution in [1.29, 1.82) is 0 Å². The summed E-state index contributed by atoms with van der Waals surface area (Å²) in [7, 11) is 4.09. The van der Waals surface area contributed by atoms with Crippen LogP contribution in [0.25, 0.3) is 27.4 Å². The molecule has 0 spiro atoms. The highest BCUT2D eigenvalue weighted by Gasteiger charge is 2.72. The molecule has 6 aliphatic carbocycles. The number of likely N-dealkylation sites (N-methyl/N-ethyl adjacent to an activating group) is 2. The molecule has 120 heavy (non-hydrogen) atoms. The van der Waals surface area contributed by atoms with Crippen LogP contribution in [0.15, 0.2) is 120 Å². The van der Waals surface area contributed by atoms with E-state index in [1.165, 1.54) is 158 Å². The number of phenols is 4. The summed E-state index contributed by atoms with van der Waals surface area (Å²) in [5.41, 5.74) is 22.5. The van der Waals surface area contributed by atoms with Crippen molar-refractivity contribution >= 4 is 84.7 Å². The average molecular weight is 1730 g/mol. The maximum absolute atomic E-state index is 14.4. The van der Waals surface area contributed by atoms with Gasteiger partial charge in [0.15, 0.2) is 23.0 Å². The molecule has 27 heteroatoms. The van der Waals surface area contributed by atoms with Crippen molar-refractivity contribution in [3.05, 3.63) is 159 Å². The van der Waals surface area contributed by atoms with Crippen LogP contribution in [0.1, 0.15) is 164 Å². The molecule has 11 aliphatic rings. The first-order valence-electron chi connectivity index (χ1n) is 42.6. The van der Waals surface area contributed by atoms with E-state index in [4.69, 9.17) is 54.0 Å². The average Bonchev–Trinajstić information content (AvgIpc) is 1.53. The van der Waals surface area contributed by atoms with Gasteiger partial charge in [0.05, 0.1) is 17.1 Å². The molecule has 17 N–H and O–H groups in total. The van der Waals surface area contributed by atoms with Crippen LogP contribution in [0.2, 0.25) is 0 Å². The number of ether oxygens (including phenoxy) is 1. The topological polar surface area (TPSA) is 386 Å². The lowest BCUT2D eigenvalue weighted by Gasteiger charge is -2.55. The van der Waals surface area contributed by atoms with Crippen molar-refractivity contribution in [1.82, 2.24) is 45.2 Å². The number of hydrogen-bond acceptors (Lipinski definition) is 19. The third kappa shape index (κ3) is 19.4. The molecule has 25 nitrogen and oxygen atoms in total. The number of H-pyrrole nitrogens is 2. The molecule has 18 rings (SSSR count). The molecule has 8 fully saturated rings. The van der Waals surface area contributed by atoms with Crippen LogP contribution in [0.4, 0.5) is 0 Å². The zero-order chi connectivity index (χ0) is 86.6. The molecule has 0 radical (unpaired) electrons. The number of likely N-dealkylation sites (tertiary alicyclic amines) is 1. The SMILES string of the molecule is C#CCN(C)[C@H](C)Cc1ccccc1.CC(C)C[C@H]1C(=O)N2CCC[C@H]2[C@]2(O)O[C@](NC(=O)[C@@H]3C=C4c5cccc6[nH]c(Br)c(c56)C[C@H]4N(C)C3)(C(C)C)C(=O)N12.CCCN1C[C@H](CSC)C[C@@H]2c3cccc4[nH]cc(c34)C[C@H]21.C[C@@](Cc1ccc(O)c(O)c1)(NN)C(=O)O.NC12CC3CC(CC(C3)C1)C2.N[C@@H](Cc1ccc(O)c(O)c1)C(=O)O. The lowest BCUT2D eigenvalue weighted by molar-refractivity contribution is -0.322. The van der Waals surface area contributed by atoms with E-state index >= 15 is 0 Å². The molecule has 4 saturated carbocycles. The highest BCUT2D eigenvalue weighted by molar-refractivity contribution is 9.10. The van der Waals surface area contributed by atoms with Crippen molar-refractivity contribution < 1.29 is 64.5 Å². The second-order valence-electron chi connectivity index (χ2n) is 36.4. The number of terminal acetylenes is 1. The van der Waals surface area contributed by atoms with E-state index in [1.54, 1.807) is 24.3 Å². The predicted molar refractivity (Wildman–Crippen MR) is 473 cm³/mol. The number of aromatic amines is 2. The van der Waals surface area contributed by atoms with Crippen molar-refractivity contribution in [3.8, 4) is 35.3 Å². The maximum Gasteiger partial charge on any atom is 0.325 e. The second kappa shape index (κ2) is 38.1. The number of piperazine rings is 1. The van der Waals surface area contributed by atoms with E-state index in [0.29, 0.717) is 61.2 Å². The van der Waals surface area contributed by atoms with Crippen molar-refractivity contribution in [3.63, 3.8) is 0 Å². The summed E-state index contributed by atoms with van der Waals surface area (Å²) in [5, 5.41) is 71.8. The zero-order valence-corrected chi connectivity index (χ0v) is 73.4. The van der Waals surface area contributed by atoms with Gasteiger partial charge in [-0.2, -0.15) is 11.8 Å². The second-order valence-corrected chi connectivity index (χ2v) is 38.1. The van der Waals surface area contributed by atoms with Crippen LogP contribution in [0, 0.1) is 53.8 Å². The molecule has 7 aromatic rings. The third-order valence-electron chi connectivity index (χ3n) is 26.6. The number of carbonyl (C=O) groups is 5. The van der Waals surface area contributed by atoms with Crippen LogP contribution < -0.4 is 28.1 Å². The number of carboxylic acids is 2. The van der Waals surface area contributed by atoms with Gasteiger partial charge in [-0.1, -0.05) is 113 Å². The van der Waals surface area contributed by atoms with Gasteiger partial charge in [-0.3, -0.25) is 54.2 Å². The number of halogens is 1. The fourth-order valence-electron chi connectivity index (χ4n) is 20.8. The number of nitrogens with one attached hydrogen (secondary N) is 4. The Morgan fingerprint density at radius 2 is 1.48 bits per heavy atom. The first-order valence-corrected chi connectivity index (χ1v) is 44.8. The van der Waals surface area contributed by atoms with E-state index in [0.717, 1.165) is 70.1 Å². The van der Waals surface area contributed by atoms with Gasteiger partial charge in [0.2, 0.25) is 17.5 Å². The number of hydrazine groups is 1. The fraction of sp³-hybridized carbons (Fsp3) is 0.538. The minimum Gasteiger partial charge on any atom is -0.504 e. The lowest BCUT2D eigenvalue weighted by Crippen LogP contribution is -2.71. The van der Waals surface area contributed by atoms with E-state index in [9.17, 15) is 34.2 Å². The summed E-state index contributed by atoms with van der Waals surface area (Å²) in [6, 6.07) is 30.5. The monoisotopic (exact) mass is 1730 g/mol. The van der Waals surface area contributed by atoms with Crippen LogP contribution in [0.5, 0.6) is 23.0 Å². The lowest BCUT2D eigenvalue weighted by atomic mass is 9.53. The molecule has 4 bridgehead atoms. The summed E-state index contributed by atoms with van der Waals surface area (Å²) in [5.74, 6) is 6.51. The van der Waals surface area contributed by atoms with E-state index in [-0.39, 0.29) is 59.6 Å². The Balaban J connectivity index is 0.000000144. The normalized spacial score (nSPS) is 27.6. The smallest absolute Gasteiger partial charge is 0.325 e. The summed E-state index contributed by atoms with van der Waals surface area (Å²) in [4.78, 5) is 80.6. The van der Waals surface area contributed by atoms with Crippen LogP contribution in [-0.4, -0.2) is 218 Å². The number of amides is 3. The number of hydrogen-bond donors (Lipinski definition) is 14. The highest BCUT2D eigenvalue weighted by Crippen LogP contribution is 2.55. The van der Waals surface area contributed by atoms with Gasteiger partial charge in [0.1, 0.15) is 23.7 Å². The number of aliphatic carboxylic acids is 2. The summed E-state index contributed by atoms with van der Waals surface area (Å²) in [6.07, 6.45) is 28.0. The largest absolute Gasteiger partial charge is 0.504 e. The number of carboxylic acid groups (broad SMARTS) is 2. The number of fused-ring (bicyclic) bond motifs is 7. The highest BCUT2D eigenvalue weighted by atomic mass is 79.9. The number of carbonyl (C=O) groups excluding carboxylic acids is 3. The molecule has 648 valence electrons. The number of aromatic nitrogens is 2. The van der Waals surface area contributed by atoms with Crippen molar-refractivity contribution in [2.75, 3.05) is 58.8 Å². The van der Waals surface area contributed by atoms with E-state index in [2.05, 4.69) is 145 Å². The van der Waals surface area contributed by atoms with Crippen molar-refractivity contribution in [2.24, 2.45) is 58.7 Å². The van der Waals surface area contributed by atoms with Crippen LogP contribution >= 0.6 is 27.7 Å². The molecule has 5 aliphatic heterocycles. The van der Waals surface area contributed by atoms with Gasteiger partial charge in [-0.25, -0.2) is 5.43 Å². The Hall–Kier alpha value is -8.50. The number of aromatic hydroxyl groups is 4. The Bertz CT molecular complexity index is 4860. The van der Waals surface area contributed by atoms with Crippen molar-refractivity contribution in [2.45, 2.75) is 216 Å². The van der Waals surface area contributed by atoms with Gasteiger partial charge < -0.3 is 67.4 Å². The molecule has 2 aromatic heterocycles. The summed E-state index contributed by atoms with van der Waals surface area (Å²) in [6.45, 7) is 17.8. The number of benzene rings is 5. The number of nitrogens with zero attached hydrogens (tertiary/aromatic N) is 5. The molecule has 7 heterocycles. The molecule has 5 aromatic carbocycles. The van der Waals surface area contributed by atoms with E-state index in [1.807, 2.05) is 50.9 Å². The molecule has 3 amide bonds. The summed E-state index contributed by atoms with van der Waals surface area (Å²) < 4.78 is 7.43. The standard InChI is InChI=1S/C32H40BrN5O5.C19H26N2S.C13H17N.C10H14N2O4.C10H17N.C9H11NO4/c1-16(2)12-24-29(40)37-11-7-10-25(37)32(42)38(24)30(41)31(43-32,17(3)4)35-28(39)18-13-20-19-8-6-9-22-26(19)21(27(33)34-22)14-23(20)36(5)15-18;1-3-7-21-11-13(12-22-2)8-16-15-5-4-6-17-19(15)14(10-20-17)9-18(16)21;1-4-10-14(3)12(2)11-13-8-6-5-7-9-13;1-10(12-11,9(15)16)5-6-2-3-7(13)8(14)4-6;11-10-4-7-1-8(5-10)3-9(2-7)6-10;10-6(9(13)14)3-5-1-2-7(11)8(12)4-5/h6,8-9,13,16-18,23-25,34,42H,7,10-12,14-15H2,1-5H3,(H,35,39);4-6,10,13,16,18,20H,3,7-9,11-12H2,1-2H3;1,5-9,12H,10-11H2,2-3H3;2-4,12-14H,5,11H2,1H3,(H,15,16);7-9H,1-6,11H2;1-2,4,6,11-12H,3,10H2,(H,13,14)/t18-,23-,24+,25+,31-,32+;13-,16-,18-;12-;10-;;6-/m1110.0/s1. The first-order chi connectivity index (χ1) is 57.0. The van der Waals surface area contributed by atoms with Crippen LogP contribution in [-0.2, 0) is 60.8 Å². The Kier molecular flexibility index (Phi) is 28.8. The number of phenolic OH excluding ortho intramolecular Hbond substituents is 4. The molecule has 0 unspecified atom stereocenters. The number of piperidine rings is 1. The minimum absolute atomic E-state index is 0.0900. The molecular formula is C93H125BrN12O13S.